The van der Waals surface area contributed by atoms with E-state index in [1.54, 1.807) is 12.7 Å². The van der Waals surface area contributed by atoms with E-state index in [0.29, 0.717) is 0 Å². The Bertz CT molecular complexity index is 1520. The van der Waals surface area contributed by atoms with Crippen molar-refractivity contribution in [3.8, 4) is 11.3 Å². The lowest BCUT2D eigenvalue weighted by molar-refractivity contribution is 1.22. The molecule has 28 heavy (non-hydrogen) atoms. The first-order valence-corrected chi connectivity index (χ1v) is 9.13. The molecule has 0 atom stereocenters. The topological polar surface area (TPSA) is 51.6 Å². The van der Waals surface area contributed by atoms with Crippen LogP contribution in [0.3, 0.4) is 0 Å². The summed E-state index contributed by atoms with van der Waals surface area (Å²) < 4.78 is 0. The van der Waals surface area contributed by atoms with E-state index in [0.717, 1.165) is 43.8 Å². The van der Waals surface area contributed by atoms with E-state index in [-0.39, 0.29) is 0 Å². The van der Waals surface area contributed by atoms with E-state index in [1.807, 2.05) is 12.3 Å². The summed E-state index contributed by atoms with van der Waals surface area (Å²) in [6, 6.07) is 23.2. The molecule has 2 aromatic heterocycles. The number of nitrogens with zero attached hydrogens (tertiary/aromatic N) is 4. The summed E-state index contributed by atoms with van der Waals surface area (Å²) in [6.07, 6.45) is 5.09. The summed E-state index contributed by atoms with van der Waals surface area (Å²) in [5, 5.41) is 6.70. The Balaban J connectivity index is 1.67. The third-order valence-corrected chi connectivity index (χ3v) is 5.27. The molecule has 0 radical (unpaired) electrons. The highest BCUT2D eigenvalue weighted by molar-refractivity contribution is 6.08. The third-order valence-electron chi connectivity index (χ3n) is 5.27. The highest BCUT2D eigenvalue weighted by Gasteiger charge is 2.10. The Morgan fingerprint density at radius 3 is 2.32 bits per heavy atom. The summed E-state index contributed by atoms with van der Waals surface area (Å²) in [6.45, 7) is 0. The van der Waals surface area contributed by atoms with Crippen molar-refractivity contribution in [3.05, 3.63) is 85.6 Å². The molecular weight excluding hydrogens is 344 g/mol. The van der Waals surface area contributed by atoms with Crippen molar-refractivity contribution in [1.82, 2.24) is 19.9 Å². The average molecular weight is 358 g/mol. The first kappa shape index (κ1) is 15.2. The standard InChI is InChI=1S/C24H14N4/c1-2-4-17-11-22-21(9-16(17)3-1)23(28-14-26-22)18-7-5-15-6-8-19-12-25-13-27-24(19)20(15)10-18/h1-14H. The lowest BCUT2D eigenvalue weighted by Crippen LogP contribution is -1.90. The van der Waals surface area contributed by atoms with Crippen molar-refractivity contribution in [3.63, 3.8) is 0 Å². The molecule has 0 aliphatic heterocycles. The third kappa shape index (κ3) is 2.25. The first-order chi connectivity index (χ1) is 13.9. The number of rotatable bonds is 1. The highest BCUT2D eigenvalue weighted by Crippen LogP contribution is 2.32. The van der Waals surface area contributed by atoms with Gasteiger partial charge in [0.25, 0.3) is 0 Å². The second kappa shape index (κ2) is 5.79. The molecule has 0 bridgehead atoms. The van der Waals surface area contributed by atoms with Crippen LogP contribution in [0.1, 0.15) is 0 Å². The van der Waals surface area contributed by atoms with Crippen LogP contribution in [0.25, 0.3) is 54.6 Å². The first-order valence-electron chi connectivity index (χ1n) is 9.13. The molecule has 0 saturated carbocycles. The van der Waals surface area contributed by atoms with Crippen molar-refractivity contribution in [1.29, 1.82) is 0 Å². The molecule has 130 valence electrons. The van der Waals surface area contributed by atoms with Gasteiger partial charge in [-0.05, 0) is 34.4 Å². The quantitative estimate of drug-likeness (QED) is 0.286. The van der Waals surface area contributed by atoms with Crippen LogP contribution in [0.15, 0.2) is 85.6 Å². The fourth-order valence-corrected chi connectivity index (χ4v) is 3.89. The van der Waals surface area contributed by atoms with Gasteiger partial charge < -0.3 is 0 Å². The Hall–Kier alpha value is -3.92. The molecule has 0 amide bonds. The fourth-order valence-electron chi connectivity index (χ4n) is 3.89. The van der Waals surface area contributed by atoms with Gasteiger partial charge in [0.2, 0.25) is 0 Å². The van der Waals surface area contributed by atoms with Gasteiger partial charge in [0.05, 0.1) is 16.7 Å². The van der Waals surface area contributed by atoms with E-state index >= 15 is 0 Å². The number of fused-ring (bicyclic) bond motifs is 5. The van der Waals surface area contributed by atoms with Gasteiger partial charge in [-0.3, -0.25) is 0 Å². The maximum absolute atomic E-state index is 4.63. The lowest BCUT2D eigenvalue weighted by atomic mass is 9.99. The van der Waals surface area contributed by atoms with Crippen LogP contribution < -0.4 is 0 Å². The average Bonchev–Trinajstić information content (AvgIpc) is 2.77. The van der Waals surface area contributed by atoms with Crippen molar-refractivity contribution < 1.29 is 0 Å². The Morgan fingerprint density at radius 2 is 1.39 bits per heavy atom. The zero-order valence-electron chi connectivity index (χ0n) is 14.9. The van der Waals surface area contributed by atoms with Crippen molar-refractivity contribution in [2.24, 2.45) is 0 Å². The molecule has 6 aromatic rings. The van der Waals surface area contributed by atoms with E-state index in [2.05, 4.69) is 80.6 Å². The van der Waals surface area contributed by atoms with Crippen LogP contribution in [0.4, 0.5) is 0 Å². The largest absolute Gasteiger partial charge is 0.244 e. The Morgan fingerprint density at radius 1 is 0.571 bits per heavy atom. The van der Waals surface area contributed by atoms with Crippen LogP contribution in [-0.4, -0.2) is 19.9 Å². The molecular formula is C24H14N4. The summed E-state index contributed by atoms with van der Waals surface area (Å²) >= 11 is 0. The monoisotopic (exact) mass is 358 g/mol. The van der Waals surface area contributed by atoms with E-state index < -0.39 is 0 Å². The summed E-state index contributed by atoms with van der Waals surface area (Å²) in [5.41, 5.74) is 3.90. The Kier molecular flexibility index (Phi) is 3.14. The molecule has 0 aliphatic rings. The van der Waals surface area contributed by atoms with Crippen molar-refractivity contribution in [2.75, 3.05) is 0 Å². The maximum atomic E-state index is 4.63. The summed E-state index contributed by atoms with van der Waals surface area (Å²) in [5.74, 6) is 0. The number of aromatic nitrogens is 4. The molecule has 0 unspecified atom stereocenters. The van der Waals surface area contributed by atoms with Crippen LogP contribution in [0.5, 0.6) is 0 Å². The smallest absolute Gasteiger partial charge is 0.116 e. The minimum absolute atomic E-state index is 0.934. The van der Waals surface area contributed by atoms with E-state index in [1.165, 1.54) is 10.8 Å². The molecule has 2 heterocycles. The molecule has 0 spiro atoms. The molecule has 0 N–H and O–H groups in total. The SMILES string of the molecule is c1ccc2cc3c(-c4ccc5ccc6cncnc6c5c4)ncnc3cc2c1. The Labute approximate surface area is 160 Å². The lowest BCUT2D eigenvalue weighted by Gasteiger charge is -2.09. The molecule has 0 saturated heterocycles. The van der Waals surface area contributed by atoms with Gasteiger partial charge in [-0.25, -0.2) is 19.9 Å². The van der Waals surface area contributed by atoms with Gasteiger partial charge in [-0.15, -0.1) is 0 Å². The molecule has 4 nitrogen and oxygen atoms in total. The van der Waals surface area contributed by atoms with E-state index in [9.17, 15) is 0 Å². The minimum Gasteiger partial charge on any atom is -0.244 e. The van der Waals surface area contributed by atoms with Crippen LogP contribution in [-0.2, 0) is 0 Å². The van der Waals surface area contributed by atoms with Gasteiger partial charge in [0.15, 0.2) is 0 Å². The van der Waals surface area contributed by atoms with Crippen LogP contribution in [0, 0.1) is 0 Å². The zero-order valence-corrected chi connectivity index (χ0v) is 14.9. The number of hydrogen-bond donors (Lipinski definition) is 0. The van der Waals surface area contributed by atoms with Gasteiger partial charge in [-0.1, -0.05) is 48.5 Å². The molecule has 0 aliphatic carbocycles. The van der Waals surface area contributed by atoms with Crippen LogP contribution in [0.2, 0.25) is 0 Å². The van der Waals surface area contributed by atoms with Crippen molar-refractivity contribution in [2.45, 2.75) is 0 Å². The van der Waals surface area contributed by atoms with Crippen molar-refractivity contribution >= 4 is 43.4 Å². The zero-order chi connectivity index (χ0) is 18.5. The maximum Gasteiger partial charge on any atom is 0.116 e. The fraction of sp³-hybridized carbons (Fsp3) is 0. The van der Waals surface area contributed by atoms with Crippen LogP contribution >= 0.6 is 0 Å². The predicted octanol–water partition coefficient (Wildman–Crippen LogP) is 5.55. The number of hydrogen-bond acceptors (Lipinski definition) is 4. The summed E-state index contributed by atoms with van der Waals surface area (Å²) in [7, 11) is 0. The molecule has 6 rings (SSSR count). The van der Waals surface area contributed by atoms with Gasteiger partial charge in [-0.2, -0.15) is 0 Å². The van der Waals surface area contributed by atoms with E-state index in [4.69, 9.17) is 0 Å². The second-order valence-electron chi connectivity index (χ2n) is 6.90. The molecule has 4 aromatic carbocycles. The van der Waals surface area contributed by atoms with Gasteiger partial charge in [0, 0.05) is 27.9 Å². The predicted molar refractivity (Wildman–Crippen MR) is 113 cm³/mol. The number of benzene rings is 4. The minimum atomic E-state index is 0.934. The second-order valence-corrected chi connectivity index (χ2v) is 6.90. The molecule has 4 heteroatoms. The van der Waals surface area contributed by atoms with Gasteiger partial charge in [0.1, 0.15) is 12.7 Å². The highest BCUT2D eigenvalue weighted by atomic mass is 14.8. The summed E-state index contributed by atoms with van der Waals surface area (Å²) in [4.78, 5) is 17.8. The molecule has 0 fully saturated rings. The van der Waals surface area contributed by atoms with Gasteiger partial charge >= 0.3 is 0 Å². The normalized spacial score (nSPS) is 11.6.